The molecule has 1 aromatic heterocycles. The zero-order valence-corrected chi connectivity index (χ0v) is 13.6. The number of ether oxygens (including phenoxy) is 1. The SMILES string of the molecule is COCCn1ncc(Br)c1C(O)c1ccc(C2CC2)cc1. The summed E-state index contributed by atoms with van der Waals surface area (Å²) in [6.07, 6.45) is 3.60. The van der Waals surface area contributed by atoms with E-state index in [2.05, 4.69) is 33.2 Å². The highest BCUT2D eigenvalue weighted by Crippen LogP contribution is 2.40. The minimum atomic E-state index is -0.688. The first-order valence-electron chi connectivity index (χ1n) is 7.18. The highest BCUT2D eigenvalue weighted by Gasteiger charge is 2.24. The molecule has 1 atom stereocenters. The molecule has 21 heavy (non-hydrogen) atoms. The molecule has 1 aliphatic rings. The van der Waals surface area contributed by atoms with E-state index < -0.39 is 6.10 Å². The van der Waals surface area contributed by atoms with E-state index in [0.717, 1.165) is 21.6 Å². The normalized spacial score (nSPS) is 16.1. The molecule has 1 aromatic carbocycles. The van der Waals surface area contributed by atoms with Gasteiger partial charge < -0.3 is 9.84 Å². The average molecular weight is 351 g/mol. The molecule has 0 saturated heterocycles. The molecule has 2 aromatic rings. The van der Waals surface area contributed by atoms with Gasteiger partial charge in [-0.2, -0.15) is 5.10 Å². The Labute approximate surface area is 132 Å². The lowest BCUT2D eigenvalue weighted by Crippen LogP contribution is -2.13. The zero-order chi connectivity index (χ0) is 14.8. The lowest BCUT2D eigenvalue weighted by atomic mass is 10.0. The van der Waals surface area contributed by atoms with Crippen molar-refractivity contribution in [2.75, 3.05) is 13.7 Å². The van der Waals surface area contributed by atoms with Gasteiger partial charge in [0.1, 0.15) is 6.10 Å². The second-order valence-corrected chi connectivity index (χ2v) is 6.29. The Hall–Kier alpha value is -1.17. The number of hydrogen-bond donors (Lipinski definition) is 1. The topological polar surface area (TPSA) is 47.3 Å². The maximum absolute atomic E-state index is 10.7. The number of aromatic nitrogens is 2. The third kappa shape index (κ3) is 3.20. The number of nitrogens with zero attached hydrogens (tertiary/aromatic N) is 2. The van der Waals surface area contributed by atoms with E-state index in [9.17, 15) is 5.11 Å². The predicted molar refractivity (Wildman–Crippen MR) is 84.3 cm³/mol. The third-order valence-electron chi connectivity index (χ3n) is 3.90. The number of benzene rings is 1. The molecule has 0 amide bonds. The van der Waals surface area contributed by atoms with Crippen LogP contribution in [0.1, 0.15) is 41.7 Å². The third-order valence-corrected chi connectivity index (χ3v) is 4.51. The minimum absolute atomic E-state index is 0.564. The number of aliphatic hydroxyl groups is 1. The predicted octanol–water partition coefficient (Wildman–Crippen LogP) is 3.25. The highest BCUT2D eigenvalue weighted by molar-refractivity contribution is 9.10. The molecule has 112 valence electrons. The molecular weight excluding hydrogens is 332 g/mol. The van der Waals surface area contributed by atoms with Gasteiger partial charge in [-0.05, 0) is 45.8 Å². The second-order valence-electron chi connectivity index (χ2n) is 5.44. The van der Waals surface area contributed by atoms with Gasteiger partial charge in [0.25, 0.3) is 0 Å². The van der Waals surface area contributed by atoms with Gasteiger partial charge >= 0.3 is 0 Å². The number of methoxy groups -OCH3 is 1. The fourth-order valence-electron chi connectivity index (χ4n) is 2.52. The monoisotopic (exact) mass is 350 g/mol. The first kappa shape index (κ1) is 14.8. The van der Waals surface area contributed by atoms with Crippen LogP contribution in [0.4, 0.5) is 0 Å². The van der Waals surface area contributed by atoms with Crippen molar-refractivity contribution in [3.05, 3.63) is 51.8 Å². The Kier molecular flexibility index (Phi) is 4.42. The fourth-order valence-corrected chi connectivity index (χ4v) is 3.04. The first-order chi connectivity index (χ1) is 10.2. The summed E-state index contributed by atoms with van der Waals surface area (Å²) in [5, 5.41) is 14.9. The van der Waals surface area contributed by atoms with Crippen molar-refractivity contribution in [1.82, 2.24) is 9.78 Å². The molecule has 1 saturated carbocycles. The molecule has 0 radical (unpaired) electrons. The van der Waals surface area contributed by atoms with E-state index in [0.29, 0.717) is 13.2 Å². The Morgan fingerprint density at radius 2 is 2.10 bits per heavy atom. The Morgan fingerprint density at radius 3 is 2.71 bits per heavy atom. The van der Waals surface area contributed by atoms with Crippen molar-refractivity contribution < 1.29 is 9.84 Å². The van der Waals surface area contributed by atoms with Crippen LogP contribution in [0, 0.1) is 0 Å². The molecule has 4 nitrogen and oxygen atoms in total. The standard InChI is InChI=1S/C16H19BrN2O2/c1-21-9-8-19-15(14(17)10-18-19)16(20)13-6-4-12(5-7-13)11-2-3-11/h4-7,10-11,16,20H,2-3,8-9H2,1H3. The van der Waals surface area contributed by atoms with Gasteiger partial charge in [-0.25, -0.2) is 0 Å². The van der Waals surface area contributed by atoms with Crippen LogP contribution in [-0.4, -0.2) is 28.6 Å². The Balaban J connectivity index is 1.83. The summed E-state index contributed by atoms with van der Waals surface area (Å²) in [6.45, 7) is 1.18. The molecule has 0 bridgehead atoms. The van der Waals surface area contributed by atoms with E-state index in [1.807, 2.05) is 12.1 Å². The maximum atomic E-state index is 10.7. The minimum Gasteiger partial charge on any atom is -0.383 e. The average Bonchev–Trinajstić information content (AvgIpc) is 3.29. The summed E-state index contributed by atoms with van der Waals surface area (Å²) in [7, 11) is 1.66. The van der Waals surface area contributed by atoms with Gasteiger partial charge in [0.15, 0.2) is 0 Å². The van der Waals surface area contributed by atoms with Crippen molar-refractivity contribution in [3.8, 4) is 0 Å². The van der Waals surface area contributed by atoms with E-state index in [-0.39, 0.29) is 0 Å². The summed E-state index contributed by atoms with van der Waals surface area (Å²) >= 11 is 3.47. The zero-order valence-electron chi connectivity index (χ0n) is 12.0. The second kappa shape index (κ2) is 6.30. The molecule has 1 fully saturated rings. The van der Waals surface area contributed by atoms with Crippen LogP contribution in [0.5, 0.6) is 0 Å². The van der Waals surface area contributed by atoms with Gasteiger partial charge in [0, 0.05) is 7.11 Å². The van der Waals surface area contributed by atoms with Gasteiger partial charge in [-0.15, -0.1) is 0 Å². The van der Waals surface area contributed by atoms with Crippen LogP contribution in [0.25, 0.3) is 0 Å². The van der Waals surface area contributed by atoms with Crippen molar-refractivity contribution >= 4 is 15.9 Å². The van der Waals surface area contributed by atoms with Crippen LogP contribution in [-0.2, 0) is 11.3 Å². The Bertz CT molecular complexity index is 605. The van der Waals surface area contributed by atoms with E-state index in [1.54, 1.807) is 18.0 Å². The molecule has 1 aliphatic carbocycles. The summed E-state index contributed by atoms with van der Waals surface area (Å²) in [5.41, 5.74) is 3.03. The van der Waals surface area contributed by atoms with Gasteiger partial charge in [0.05, 0.1) is 29.5 Å². The number of rotatable bonds is 6. The van der Waals surface area contributed by atoms with Crippen LogP contribution >= 0.6 is 15.9 Å². The van der Waals surface area contributed by atoms with Crippen LogP contribution in [0.15, 0.2) is 34.9 Å². The molecule has 3 rings (SSSR count). The summed E-state index contributed by atoms with van der Waals surface area (Å²) in [4.78, 5) is 0. The number of hydrogen-bond acceptors (Lipinski definition) is 3. The molecule has 1 unspecified atom stereocenters. The van der Waals surface area contributed by atoms with Gasteiger partial charge in [-0.3, -0.25) is 4.68 Å². The van der Waals surface area contributed by atoms with Crippen molar-refractivity contribution in [1.29, 1.82) is 0 Å². The lowest BCUT2D eigenvalue weighted by Gasteiger charge is -2.15. The number of halogens is 1. The molecule has 1 N–H and O–H groups in total. The van der Waals surface area contributed by atoms with Crippen molar-refractivity contribution in [2.24, 2.45) is 0 Å². The van der Waals surface area contributed by atoms with E-state index in [4.69, 9.17) is 4.74 Å². The van der Waals surface area contributed by atoms with Gasteiger partial charge in [0.2, 0.25) is 0 Å². The largest absolute Gasteiger partial charge is 0.383 e. The quantitative estimate of drug-likeness (QED) is 0.869. The summed E-state index contributed by atoms with van der Waals surface area (Å²) < 4.78 is 7.69. The maximum Gasteiger partial charge on any atom is 0.122 e. The number of aliphatic hydroxyl groups excluding tert-OH is 1. The lowest BCUT2D eigenvalue weighted by molar-refractivity contribution is 0.171. The molecule has 5 heteroatoms. The summed E-state index contributed by atoms with van der Waals surface area (Å²) in [6, 6.07) is 8.27. The smallest absolute Gasteiger partial charge is 0.122 e. The summed E-state index contributed by atoms with van der Waals surface area (Å²) in [5.74, 6) is 0.732. The molecule has 0 aliphatic heterocycles. The van der Waals surface area contributed by atoms with Crippen LogP contribution < -0.4 is 0 Å². The molecule has 1 heterocycles. The van der Waals surface area contributed by atoms with E-state index >= 15 is 0 Å². The Morgan fingerprint density at radius 1 is 1.38 bits per heavy atom. The van der Waals surface area contributed by atoms with Crippen LogP contribution in [0.2, 0.25) is 0 Å². The van der Waals surface area contributed by atoms with E-state index in [1.165, 1.54) is 18.4 Å². The van der Waals surface area contributed by atoms with Crippen molar-refractivity contribution in [2.45, 2.75) is 31.4 Å². The van der Waals surface area contributed by atoms with Crippen LogP contribution in [0.3, 0.4) is 0 Å². The van der Waals surface area contributed by atoms with Crippen molar-refractivity contribution in [3.63, 3.8) is 0 Å². The highest BCUT2D eigenvalue weighted by atomic mass is 79.9. The molecular formula is C16H19BrN2O2. The fraction of sp³-hybridized carbons (Fsp3) is 0.438. The molecule has 0 spiro atoms. The first-order valence-corrected chi connectivity index (χ1v) is 7.98. The van der Waals surface area contributed by atoms with Gasteiger partial charge in [-0.1, -0.05) is 24.3 Å².